The number of aromatic nitrogens is 3. The van der Waals surface area contributed by atoms with Crippen LogP contribution in [0.3, 0.4) is 0 Å². The topological polar surface area (TPSA) is 89.3 Å². The number of hydrogen-bond acceptors (Lipinski definition) is 5. The van der Waals surface area contributed by atoms with E-state index in [1.165, 1.54) is 0 Å². The maximum absolute atomic E-state index is 12.0. The lowest BCUT2D eigenvalue weighted by atomic mass is 10.1. The Bertz CT molecular complexity index is 949. The number of nitrogens with one attached hydrogen (secondary N) is 1. The van der Waals surface area contributed by atoms with E-state index in [4.69, 9.17) is 4.74 Å². The van der Waals surface area contributed by atoms with Gasteiger partial charge in [-0.15, -0.1) is 5.10 Å². The normalized spacial score (nSPS) is 10.9. The molecule has 0 atom stereocenters. The Morgan fingerprint density at radius 3 is 2.88 bits per heavy atom. The molecule has 3 aromatic rings. The van der Waals surface area contributed by atoms with Gasteiger partial charge in [-0.05, 0) is 49.6 Å². The van der Waals surface area contributed by atoms with Gasteiger partial charge in [0.25, 0.3) is 5.91 Å². The van der Waals surface area contributed by atoms with Gasteiger partial charge in [0, 0.05) is 19.3 Å². The number of carbonyl (C=O) groups excluding carboxylic acids is 1. The van der Waals surface area contributed by atoms with Gasteiger partial charge in [-0.1, -0.05) is 12.1 Å². The van der Waals surface area contributed by atoms with Crippen LogP contribution in [0, 0.1) is 13.8 Å². The van der Waals surface area contributed by atoms with Crippen molar-refractivity contribution in [3.63, 3.8) is 0 Å². The number of nitrogens with zero attached hydrogens (tertiary/aromatic N) is 3. The molecule has 0 spiro atoms. The van der Waals surface area contributed by atoms with Crippen LogP contribution in [0.5, 0.6) is 11.6 Å². The van der Waals surface area contributed by atoms with Crippen LogP contribution in [-0.2, 0) is 18.3 Å². The summed E-state index contributed by atoms with van der Waals surface area (Å²) in [5.74, 6) is 0.413. The molecule has 2 N–H and O–H groups in total. The number of rotatable bonds is 6. The first-order valence-corrected chi connectivity index (χ1v) is 8.42. The fourth-order valence-electron chi connectivity index (χ4n) is 2.89. The van der Waals surface area contributed by atoms with E-state index in [1.54, 1.807) is 29.9 Å². The molecule has 0 aliphatic carbocycles. The first-order chi connectivity index (χ1) is 12.4. The third-order valence-electron chi connectivity index (χ3n) is 4.07. The summed E-state index contributed by atoms with van der Waals surface area (Å²) < 4.78 is 7.28. The van der Waals surface area contributed by atoms with Gasteiger partial charge in [-0.3, -0.25) is 4.79 Å². The number of carbonyl (C=O) groups is 1. The second-order valence-corrected chi connectivity index (χ2v) is 6.27. The van der Waals surface area contributed by atoms with E-state index in [0.29, 0.717) is 18.8 Å². The van der Waals surface area contributed by atoms with Crippen molar-refractivity contribution in [3.05, 3.63) is 47.2 Å². The van der Waals surface area contributed by atoms with Crippen LogP contribution in [0.1, 0.15) is 16.8 Å². The summed E-state index contributed by atoms with van der Waals surface area (Å²) in [6, 6.07) is 8.94. The number of phenolic OH excluding ortho intramolecular Hbond substituents is 1. The predicted molar refractivity (Wildman–Crippen MR) is 98.3 cm³/mol. The number of benzene rings is 1. The first kappa shape index (κ1) is 17.7. The monoisotopic (exact) mass is 354 g/mol. The Balaban J connectivity index is 1.57. The Morgan fingerprint density at radius 1 is 1.31 bits per heavy atom. The minimum Gasteiger partial charge on any atom is -0.508 e. The molecule has 0 aliphatic heterocycles. The van der Waals surface area contributed by atoms with Crippen molar-refractivity contribution in [3.8, 4) is 11.6 Å². The lowest BCUT2D eigenvalue weighted by Gasteiger charge is -2.07. The summed E-state index contributed by atoms with van der Waals surface area (Å²) in [6.45, 7) is 4.26. The molecule has 0 saturated heterocycles. The molecule has 7 nitrogen and oxygen atoms in total. The zero-order valence-electron chi connectivity index (χ0n) is 15.1. The highest BCUT2D eigenvalue weighted by Gasteiger charge is 2.15. The molecule has 0 unspecified atom stereocenters. The second kappa shape index (κ2) is 7.43. The maximum Gasteiger partial charge on any atom is 0.258 e. The third-order valence-corrected chi connectivity index (χ3v) is 4.07. The molecule has 0 fully saturated rings. The van der Waals surface area contributed by atoms with E-state index >= 15 is 0 Å². The molecule has 136 valence electrons. The molecule has 26 heavy (non-hydrogen) atoms. The number of fused-ring (bicyclic) bond motifs is 1. The van der Waals surface area contributed by atoms with E-state index in [0.717, 1.165) is 27.9 Å². The molecule has 1 aromatic carbocycles. The van der Waals surface area contributed by atoms with Crippen LogP contribution in [0.25, 0.3) is 11.0 Å². The molecular weight excluding hydrogens is 332 g/mol. The fraction of sp³-hybridized carbons (Fsp3) is 0.316. The van der Waals surface area contributed by atoms with Crippen molar-refractivity contribution in [1.82, 2.24) is 20.1 Å². The van der Waals surface area contributed by atoms with E-state index in [2.05, 4.69) is 15.4 Å². The number of hydrogen-bond donors (Lipinski definition) is 2. The molecule has 2 heterocycles. The van der Waals surface area contributed by atoms with Crippen molar-refractivity contribution in [2.75, 3.05) is 13.2 Å². The number of amides is 1. The van der Waals surface area contributed by atoms with Crippen LogP contribution in [0.15, 0.2) is 30.3 Å². The van der Waals surface area contributed by atoms with Gasteiger partial charge < -0.3 is 15.2 Å². The summed E-state index contributed by atoms with van der Waals surface area (Å²) in [5, 5.41) is 17.4. The summed E-state index contributed by atoms with van der Waals surface area (Å²) in [6.07, 6.45) is 0.634. The molecule has 2 aromatic heterocycles. The highest BCUT2D eigenvalue weighted by Crippen LogP contribution is 2.26. The van der Waals surface area contributed by atoms with Gasteiger partial charge in [0.2, 0.25) is 5.88 Å². The van der Waals surface area contributed by atoms with E-state index in [9.17, 15) is 9.90 Å². The maximum atomic E-state index is 12.0. The van der Waals surface area contributed by atoms with Crippen LogP contribution >= 0.6 is 0 Å². The van der Waals surface area contributed by atoms with E-state index in [-0.39, 0.29) is 18.3 Å². The fourth-order valence-corrected chi connectivity index (χ4v) is 2.89. The summed E-state index contributed by atoms with van der Waals surface area (Å²) in [4.78, 5) is 16.5. The Morgan fingerprint density at radius 2 is 2.12 bits per heavy atom. The summed E-state index contributed by atoms with van der Waals surface area (Å²) in [7, 11) is 1.80. The number of aromatic hydroxyl groups is 1. The van der Waals surface area contributed by atoms with Gasteiger partial charge in [0.1, 0.15) is 5.75 Å². The molecule has 0 radical (unpaired) electrons. The van der Waals surface area contributed by atoms with Gasteiger partial charge in [-0.25, -0.2) is 9.67 Å². The van der Waals surface area contributed by atoms with E-state index < -0.39 is 0 Å². The minimum absolute atomic E-state index is 0.112. The van der Waals surface area contributed by atoms with Crippen LogP contribution < -0.4 is 10.1 Å². The molecule has 1 amide bonds. The molecule has 7 heteroatoms. The molecule has 0 bridgehead atoms. The number of ether oxygens (including phenoxy) is 1. The summed E-state index contributed by atoms with van der Waals surface area (Å²) in [5.41, 5.74) is 3.62. The largest absolute Gasteiger partial charge is 0.508 e. The van der Waals surface area contributed by atoms with Crippen molar-refractivity contribution in [2.45, 2.75) is 20.3 Å². The van der Waals surface area contributed by atoms with Gasteiger partial charge in [0.15, 0.2) is 12.3 Å². The third kappa shape index (κ3) is 3.93. The molecule has 0 saturated carbocycles. The smallest absolute Gasteiger partial charge is 0.258 e. The van der Waals surface area contributed by atoms with Crippen molar-refractivity contribution in [1.29, 1.82) is 0 Å². The van der Waals surface area contributed by atoms with Crippen molar-refractivity contribution < 1.29 is 14.6 Å². The lowest BCUT2D eigenvalue weighted by Crippen LogP contribution is -2.30. The van der Waals surface area contributed by atoms with Gasteiger partial charge in [-0.2, -0.15) is 0 Å². The highest BCUT2D eigenvalue weighted by molar-refractivity contribution is 5.85. The zero-order chi connectivity index (χ0) is 18.7. The number of aryl methyl sites for hydroxylation is 3. The predicted octanol–water partition coefficient (Wildman–Crippen LogP) is 2.03. The molecular formula is C19H22N4O3. The quantitative estimate of drug-likeness (QED) is 0.707. The van der Waals surface area contributed by atoms with Gasteiger partial charge >= 0.3 is 0 Å². The lowest BCUT2D eigenvalue weighted by molar-refractivity contribution is -0.123. The number of phenols is 1. The molecule has 3 rings (SSSR count). The van der Waals surface area contributed by atoms with Crippen molar-refractivity contribution in [2.24, 2.45) is 7.05 Å². The average molecular weight is 354 g/mol. The second-order valence-electron chi connectivity index (χ2n) is 6.27. The zero-order valence-corrected chi connectivity index (χ0v) is 15.1. The standard InChI is InChI=1S/C19H22N4O3/c1-12-9-13(2)21-18-17(12)19(22-23(18)3)26-11-16(25)20-8-7-14-5-4-6-15(24)10-14/h4-6,9-10,24H,7-8,11H2,1-3H3,(H,20,25). The minimum atomic E-state index is -0.221. The van der Waals surface area contributed by atoms with E-state index in [1.807, 2.05) is 26.0 Å². The van der Waals surface area contributed by atoms with Gasteiger partial charge in [0.05, 0.1) is 5.39 Å². The summed E-state index contributed by atoms with van der Waals surface area (Å²) >= 11 is 0. The van der Waals surface area contributed by atoms with Crippen LogP contribution in [-0.4, -0.2) is 38.9 Å². The van der Waals surface area contributed by atoms with Crippen molar-refractivity contribution >= 4 is 16.9 Å². The highest BCUT2D eigenvalue weighted by atomic mass is 16.5. The Hall–Kier alpha value is -3.09. The van der Waals surface area contributed by atoms with Crippen LogP contribution in [0.2, 0.25) is 0 Å². The first-order valence-electron chi connectivity index (χ1n) is 8.42. The molecule has 0 aliphatic rings. The Labute approximate surface area is 151 Å². The average Bonchev–Trinajstić information content (AvgIpc) is 2.89. The Kier molecular flexibility index (Phi) is 5.06. The SMILES string of the molecule is Cc1cc(C)c2c(OCC(=O)NCCc3cccc(O)c3)nn(C)c2n1. The number of pyridine rings is 1. The van der Waals surface area contributed by atoms with Crippen LogP contribution in [0.4, 0.5) is 0 Å².